The normalized spacial score (nSPS) is 11.2. The SMILES string of the molecule is CC(=O)Cc1cc(-c2cnc(C)c(NS(=O)(=O)c3ccc(Cl)cc3)c2)ccn1. The molecule has 0 unspecified atom stereocenters. The van der Waals surface area contributed by atoms with Crippen molar-refractivity contribution in [2.24, 2.45) is 0 Å². The maximum absolute atomic E-state index is 12.7. The Balaban J connectivity index is 1.94. The molecule has 3 aromatic rings. The number of benzene rings is 1. The minimum Gasteiger partial charge on any atom is -0.300 e. The van der Waals surface area contributed by atoms with E-state index in [-0.39, 0.29) is 17.1 Å². The third kappa shape index (κ3) is 4.74. The maximum atomic E-state index is 12.7. The van der Waals surface area contributed by atoms with Crippen LogP contribution in [0.3, 0.4) is 0 Å². The number of carbonyl (C=O) groups excluding carboxylic acids is 1. The summed E-state index contributed by atoms with van der Waals surface area (Å²) >= 11 is 5.83. The van der Waals surface area contributed by atoms with Gasteiger partial charge in [0.05, 0.1) is 16.3 Å². The highest BCUT2D eigenvalue weighted by Crippen LogP contribution is 2.26. The summed E-state index contributed by atoms with van der Waals surface area (Å²) in [6.45, 7) is 3.22. The predicted molar refractivity (Wildman–Crippen MR) is 109 cm³/mol. The van der Waals surface area contributed by atoms with Gasteiger partial charge in [-0.25, -0.2) is 8.42 Å². The van der Waals surface area contributed by atoms with Crippen molar-refractivity contribution in [3.8, 4) is 11.1 Å². The Morgan fingerprint density at radius 2 is 1.79 bits per heavy atom. The average molecular weight is 416 g/mol. The molecule has 1 N–H and O–H groups in total. The van der Waals surface area contributed by atoms with Gasteiger partial charge < -0.3 is 0 Å². The van der Waals surface area contributed by atoms with Crippen LogP contribution in [0.4, 0.5) is 5.69 Å². The zero-order chi connectivity index (χ0) is 20.3. The van der Waals surface area contributed by atoms with Crippen molar-refractivity contribution >= 4 is 33.1 Å². The van der Waals surface area contributed by atoms with E-state index in [1.54, 1.807) is 37.5 Å². The Bertz CT molecular complexity index is 1130. The molecule has 0 aliphatic rings. The summed E-state index contributed by atoms with van der Waals surface area (Å²) in [5.74, 6) is 0.0168. The quantitative estimate of drug-likeness (QED) is 0.656. The number of aryl methyl sites for hydroxylation is 1. The number of hydrogen-bond donors (Lipinski definition) is 1. The van der Waals surface area contributed by atoms with E-state index in [2.05, 4.69) is 14.7 Å². The first-order valence-electron chi connectivity index (χ1n) is 8.44. The number of sulfonamides is 1. The molecule has 2 heterocycles. The molecule has 0 bridgehead atoms. The van der Waals surface area contributed by atoms with Gasteiger partial charge in [0.1, 0.15) is 5.78 Å². The molecule has 0 spiro atoms. The Hall–Kier alpha value is -2.77. The van der Waals surface area contributed by atoms with E-state index in [0.717, 1.165) is 5.56 Å². The Kier molecular flexibility index (Phi) is 5.76. The molecule has 2 aromatic heterocycles. The first kappa shape index (κ1) is 20.0. The fourth-order valence-corrected chi connectivity index (χ4v) is 3.86. The second-order valence-electron chi connectivity index (χ2n) is 6.33. The molecule has 3 rings (SSSR count). The van der Waals surface area contributed by atoms with Crippen LogP contribution in [0.5, 0.6) is 0 Å². The van der Waals surface area contributed by atoms with E-state index in [9.17, 15) is 13.2 Å². The second kappa shape index (κ2) is 8.08. The number of Topliss-reactive ketones (excluding diaryl/α,β-unsaturated/α-hetero) is 1. The molecule has 6 nitrogen and oxygen atoms in total. The molecule has 28 heavy (non-hydrogen) atoms. The number of aromatic nitrogens is 2. The van der Waals surface area contributed by atoms with Gasteiger partial charge in [-0.05, 0) is 61.9 Å². The van der Waals surface area contributed by atoms with Crippen molar-refractivity contribution in [1.29, 1.82) is 0 Å². The van der Waals surface area contributed by atoms with E-state index in [1.165, 1.54) is 31.2 Å². The number of pyridine rings is 2. The van der Waals surface area contributed by atoms with E-state index >= 15 is 0 Å². The summed E-state index contributed by atoms with van der Waals surface area (Å²) in [5, 5.41) is 0.456. The summed E-state index contributed by atoms with van der Waals surface area (Å²) < 4.78 is 27.9. The van der Waals surface area contributed by atoms with E-state index in [0.29, 0.717) is 27.7 Å². The zero-order valence-corrected chi connectivity index (χ0v) is 16.9. The van der Waals surface area contributed by atoms with Gasteiger partial charge in [0.25, 0.3) is 10.0 Å². The van der Waals surface area contributed by atoms with Gasteiger partial charge in [-0.2, -0.15) is 0 Å². The van der Waals surface area contributed by atoms with Crippen LogP contribution in [0.1, 0.15) is 18.3 Å². The molecule has 0 fully saturated rings. The van der Waals surface area contributed by atoms with Gasteiger partial charge >= 0.3 is 0 Å². The molecule has 0 radical (unpaired) electrons. The Morgan fingerprint density at radius 1 is 1.07 bits per heavy atom. The number of anilines is 1. The van der Waals surface area contributed by atoms with Crippen molar-refractivity contribution < 1.29 is 13.2 Å². The first-order chi connectivity index (χ1) is 13.2. The van der Waals surface area contributed by atoms with Crippen LogP contribution >= 0.6 is 11.6 Å². The topological polar surface area (TPSA) is 89.0 Å². The summed E-state index contributed by atoms with van der Waals surface area (Å²) in [4.78, 5) is 19.9. The van der Waals surface area contributed by atoms with Gasteiger partial charge in [-0.3, -0.25) is 19.5 Å². The predicted octanol–water partition coefficient (Wildman–Crippen LogP) is 4.04. The molecule has 8 heteroatoms. The lowest BCUT2D eigenvalue weighted by Crippen LogP contribution is -2.14. The van der Waals surface area contributed by atoms with Crippen LogP contribution in [0.2, 0.25) is 5.02 Å². The minimum atomic E-state index is -3.78. The molecule has 0 saturated carbocycles. The maximum Gasteiger partial charge on any atom is 0.261 e. The van der Waals surface area contributed by atoms with Crippen LogP contribution in [-0.2, 0) is 21.2 Å². The average Bonchev–Trinajstić information content (AvgIpc) is 2.63. The van der Waals surface area contributed by atoms with Crippen molar-refractivity contribution in [2.45, 2.75) is 25.2 Å². The second-order valence-corrected chi connectivity index (χ2v) is 8.45. The fraction of sp³-hybridized carbons (Fsp3) is 0.150. The van der Waals surface area contributed by atoms with Crippen LogP contribution in [-0.4, -0.2) is 24.2 Å². The van der Waals surface area contributed by atoms with Crippen molar-refractivity contribution in [1.82, 2.24) is 9.97 Å². The molecule has 0 amide bonds. The molecule has 1 aromatic carbocycles. The molecular formula is C20H18ClN3O3S. The first-order valence-corrected chi connectivity index (χ1v) is 10.3. The number of nitrogens with one attached hydrogen (secondary N) is 1. The summed E-state index contributed by atoms with van der Waals surface area (Å²) in [5.41, 5.74) is 3.07. The monoisotopic (exact) mass is 415 g/mol. The van der Waals surface area contributed by atoms with Gasteiger partial charge in [0, 0.05) is 35.1 Å². The van der Waals surface area contributed by atoms with Crippen molar-refractivity contribution in [3.05, 3.63) is 71.3 Å². The lowest BCUT2D eigenvalue weighted by Gasteiger charge is -2.12. The smallest absolute Gasteiger partial charge is 0.261 e. The summed E-state index contributed by atoms with van der Waals surface area (Å²) in [6, 6.07) is 11.2. The molecular weight excluding hydrogens is 398 g/mol. The number of carbonyl (C=O) groups is 1. The number of hydrogen-bond acceptors (Lipinski definition) is 5. The minimum absolute atomic E-state index is 0.0168. The third-order valence-corrected chi connectivity index (χ3v) is 5.67. The fourth-order valence-electron chi connectivity index (χ4n) is 2.62. The number of rotatable bonds is 6. The lowest BCUT2D eigenvalue weighted by molar-refractivity contribution is -0.116. The van der Waals surface area contributed by atoms with Crippen LogP contribution in [0.15, 0.2) is 59.8 Å². The summed E-state index contributed by atoms with van der Waals surface area (Å²) in [6.07, 6.45) is 3.51. The van der Waals surface area contributed by atoms with E-state index in [4.69, 9.17) is 11.6 Å². The van der Waals surface area contributed by atoms with Crippen LogP contribution < -0.4 is 4.72 Å². The number of ketones is 1. The largest absolute Gasteiger partial charge is 0.300 e. The highest BCUT2D eigenvalue weighted by Gasteiger charge is 2.16. The van der Waals surface area contributed by atoms with Crippen molar-refractivity contribution in [2.75, 3.05) is 4.72 Å². The van der Waals surface area contributed by atoms with Gasteiger partial charge in [0.15, 0.2) is 0 Å². The van der Waals surface area contributed by atoms with Gasteiger partial charge in [0.2, 0.25) is 0 Å². The highest BCUT2D eigenvalue weighted by molar-refractivity contribution is 7.92. The summed E-state index contributed by atoms with van der Waals surface area (Å²) in [7, 11) is -3.78. The Morgan fingerprint density at radius 3 is 2.46 bits per heavy atom. The van der Waals surface area contributed by atoms with Crippen LogP contribution in [0, 0.1) is 6.92 Å². The van der Waals surface area contributed by atoms with Crippen LogP contribution in [0.25, 0.3) is 11.1 Å². The molecule has 0 atom stereocenters. The van der Waals surface area contributed by atoms with Gasteiger partial charge in [-0.1, -0.05) is 11.6 Å². The van der Waals surface area contributed by atoms with E-state index in [1.807, 2.05) is 0 Å². The van der Waals surface area contributed by atoms with Crippen molar-refractivity contribution in [3.63, 3.8) is 0 Å². The molecule has 0 aliphatic carbocycles. The number of halogens is 1. The molecule has 0 saturated heterocycles. The third-order valence-electron chi connectivity index (χ3n) is 4.04. The Labute approximate surface area is 168 Å². The highest BCUT2D eigenvalue weighted by atomic mass is 35.5. The number of nitrogens with zero attached hydrogens (tertiary/aromatic N) is 2. The lowest BCUT2D eigenvalue weighted by atomic mass is 10.1. The van der Waals surface area contributed by atoms with E-state index < -0.39 is 10.0 Å². The molecule has 0 aliphatic heterocycles. The molecule has 144 valence electrons. The standard InChI is InChI=1S/C20H18ClN3O3S/c1-13(25)9-18-10-15(7-8-22-18)16-11-20(14(2)23-12-16)24-28(26,27)19-5-3-17(21)4-6-19/h3-8,10-12,24H,9H2,1-2H3. The van der Waals surface area contributed by atoms with Gasteiger partial charge in [-0.15, -0.1) is 0 Å². The zero-order valence-electron chi connectivity index (χ0n) is 15.3.